The second-order valence-corrected chi connectivity index (χ2v) is 2.53. The minimum atomic E-state index is 1.16. The zero-order valence-electron chi connectivity index (χ0n) is 6.17. The Bertz CT molecular complexity index is 384. The third-order valence-electron chi connectivity index (χ3n) is 1.81. The largest absolute Gasteiger partial charge is 0.361 e. The maximum absolute atomic E-state index is 3.71. The van der Waals surface area contributed by atoms with Gasteiger partial charge in [-0.25, -0.2) is 0 Å². The zero-order valence-corrected chi connectivity index (χ0v) is 6.17. The van der Waals surface area contributed by atoms with E-state index in [1.54, 1.807) is 0 Å². The fraction of sp³-hybridized carbons (Fsp3) is 0. The topological polar surface area (TPSA) is 15.8 Å². The number of aromatic nitrogens is 1. The van der Waals surface area contributed by atoms with Crippen molar-refractivity contribution in [2.24, 2.45) is 0 Å². The molecule has 0 fully saturated rings. The lowest BCUT2D eigenvalue weighted by molar-refractivity contribution is 1.48. The highest BCUT2D eigenvalue weighted by molar-refractivity contribution is 5.81. The van der Waals surface area contributed by atoms with Crippen LogP contribution in [0.25, 0.3) is 17.0 Å². The standard InChI is InChI=1S/C10H9N/c1-2-8-3-4-10-9(7-8)5-6-11-10/h2-7,11H,1H2. The van der Waals surface area contributed by atoms with E-state index < -0.39 is 0 Å². The quantitative estimate of drug-likeness (QED) is 0.631. The molecule has 0 aliphatic rings. The van der Waals surface area contributed by atoms with Crippen LogP contribution in [-0.2, 0) is 0 Å². The van der Waals surface area contributed by atoms with Crippen LogP contribution >= 0.6 is 0 Å². The van der Waals surface area contributed by atoms with Crippen molar-refractivity contribution in [2.45, 2.75) is 0 Å². The van der Waals surface area contributed by atoms with Crippen LogP contribution in [0.3, 0.4) is 0 Å². The normalized spacial score (nSPS) is 10.2. The fourth-order valence-corrected chi connectivity index (χ4v) is 1.20. The third kappa shape index (κ3) is 0.944. The molecule has 1 nitrogen and oxygen atoms in total. The lowest BCUT2D eigenvalue weighted by Gasteiger charge is -1.91. The lowest BCUT2D eigenvalue weighted by Crippen LogP contribution is -1.70. The van der Waals surface area contributed by atoms with Crippen LogP contribution < -0.4 is 0 Å². The molecule has 0 radical (unpaired) electrons. The summed E-state index contributed by atoms with van der Waals surface area (Å²) in [7, 11) is 0. The van der Waals surface area contributed by atoms with E-state index in [2.05, 4.69) is 29.8 Å². The highest BCUT2D eigenvalue weighted by Gasteiger charge is 1.92. The second-order valence-electron chi connectivity index (χ2n) is 2.53. The summed E-state index contributed by atoms with van der Waals surface area (Å²) in [6, 6.07) is 8.28. The van der Waals surface area contributed by atoms with Gasteiger partial charge in [-0.1, -0.05) is 18.7 Å². The molecule has 0 atom stereocenters. The Morgan fingerprint density at radius 3 is 3.00 bits per heavy atom. The first-order chi connectivity index (χ1) is 5.40. The second kappa shape index (κ2) is 2.27. The van der Waals surface area contributed by atoms with E-state index in [1.807, 2.05) is 18.3 Å². The first-order valence-corrected chi connectivity index (χ1v) is 3.60. The Labute approximate surface area is 65.4 Å². The predicted octanol–water partition coefficient (Wildman–Crippen LogP) is 2.81. The van der Waals surface area contributed by atoms with Crippen molar-refractivity contribution in [3.8, 4) is 0 Å². The maximum Gasteiger partial charge on any atom is 0.0454 e. The molecule has 2 aromatic rings. The van der Waals surface area contributed by atoms with E-state index in [4.69, 9.17) is 0 Å². The molecule has 0 amide bonds. The summed E-state index contributed by atoms with van der Waals surface area (Å²) >= 11 is 0. The van der Waals surface area contributed by atoms with Crippen molar-refractivity contribution in [1.82, 2.24) is 4.98 Å². The summed E-state index contributed by atoms with van der Waals surface area (Å²) < 4.78 is 0. The van der Waals surface area contributed by atoms with Gasteiger partial charge in [0.2, 0.25) is 0 Å². The first-order valence-electron chi connectivity index (χ1n) is 3.60. The minimum absolute atomic E-state index is 1.16. The van der Waals surface area contributed by atoms with Gasteiger partial charge in [-0.15, -0.1) is 0 Å². The van der Waals surface area contributed by atoms with E-state index in [0.29, 0.717) is 0 Å². The molecule has 1 heteroatoms. The number of fused-ring (bicyclic) bond motifs is 1. The molecule has 1 heterocycles. The molecule has 2 rings (SSSR count). The van der Waals surface area contributed by atoms with Crippen LogP contribution in [0, 0.1) is 0 Å². The van der Waals surface area contributed by atoms with Crippen LogP contribution in [0.5, 0.6) is 0 Å². The van der Waals surface area contributed by atoms with Gasteiger partial charge in [-0.05, 0) is 29.1 Å². The molecule has 0 saturated heterocycles. The predicted molar refractivity (Wildman–Crippen MR) is 48.4 cm³/mol. The minimum Gasteiger partial charge on any atom is -0.361 e. The number of benzene rings is 1. The lowest BCUT2D eigenvalue weighted by atomic mass is 10.1. The molecule has 0 bridgehead atoms. The number of H-pyrrole nitrogens is 1. The van der Waals surface area contributed by atoms with Crippen molar-refractivity contribution in [1.29, 1.82) is 0 Å². The molecular formula is C10H9N. The van der Waals surface area contributed by atoms with Crippen molar-refractivity contribution in [3.05, 3.63) is 42.6 Å². The molecule has 11 heavy (non-hydrogen) atoms. The van der Waals surface area contributed by atoms with Gasteiger partial charge in [0, 0.05) is 11.7 Å². The Morgan fingerprint density at radius 1 is 1.27 bits per heavy atom. The first kappa shape index (κ1) is 6.23. The molecule has 0 spiro atoms. The smallest absolute Gasteiger partial charge is 0.0454 e. The molecule has 0 aliphatic heterocycles. The molecule has 54 valence electrons. The van der Waals surface area contributed by atoms with Crippen molar-refractivity contribution in [3.63, 3.8) is 0 Å². The number of aromatic amines is 1. The molecule has 1 aromatic carbocycles. The molecule has 1 aromatic heterocycles. The molecular weight excluding hydrogens is 134 g/mol. The number of hydrogen-bond donors (Lipinski definition) is 1. The van der Waals surface area contributed by atoms with Gasteiger partial charge in [0.25, 0.3) is 0 Å². The Kier molecular flexibility index (Phi) is 1.29. The monoisotopic (exact) mass is 143 g/mol. The van der Waals surface area contributed by atoms with Gasteiger partial charge in [0.05, 0.1) is 0 Å². The van der Waals surface area contributed by atoms with Gasteiger partial charge in [-0.3, -0.25) is 0 Å². The van der Waals surface area contributed by atoms with Crippen LogP contribution in [0.2, 0.25) is 0 Å². The van der Waals surface area contributed by atoms with Crippen LogP contribution in [0.4, 0.5) is 0 Å². The fourth-order valence-electron chi connectivity index (χ4n) is 1.20. The summed E-state index contributed by atoms with van der Waals surface area (Å²) in [6.45, 7) is 3.71. The Morgan fingerprint density at radius 2 is 2.18 bits per heavy atom. The SMILES string of the molecule is C=Cc1ccc2[nH]ccc2c1. The maximum atomic E-state index is 3.71. The third-order valence-corrected chi connectivity index (χ3v) is 1.81. The molecule has 0 aliphatic carbocycles. The summed E-state index contributed by atoms with van der Waals surface area (Å²) in [5.74, 6) is 0. The van der Waals surface area contributed by atoms with E-state index in [9.17, 15) is 0 Å². The van der Waals surface area contributed by atoms with Gasteiger partial charge < -0.3 is 4.98 Å². The van der Waals surface area contributed by atoms with Crippen LogP contribution in [0.1, 0.15) is 5.56 Å². The van der Waals surface area contributed by atoms with Crippen molar-refractivity contribution < 1.29 is 0 Å². The average Bonchev–Trinajstić information content (AvgIpc) is 2.50. The summed E-state index contributed by atoms with van der Waals surface area (Å²) in [4.78, 5) is 3.14. The number of hydrogen-bond acceptors (Lipinski definition) is 0. The Balaban J connectivity index is 2.76. The molecule has 0 unspecified atom stereocenters. The van der Waals surface area contributed by atoms with Gasteiger partial charge in [0.1, 0.15) is 0 Å². The average molecular weight is 143 g/mol. The summed E-state index contributed by atoms with van der Waals surface area (Å²) in [6.07, 6.45) is 3.80. The van der Waals surface area contributed by atoms with E-state index in [1.165, 1.54) is 10.9 Å². The highest BCUT2D eigenvalue weighted by atomic mass is 14.7. The zero-order chi connectivity index (χ0) is 7.68. The van der Waals surface area contributed by atoms with Gasteiger partial charge in [-0.2, -0.15) is 0 Å². The van der Waals surface area contributed by atoms with Crippen LogP contribution in [-0.4, -0.2) is 4.98 Å². The van der Waals surface area contributed by atoms with Crippen molar-refractivity contribution >= 4 is 17.0 Å². The van der Waals surface area contributed by atoms with Gasteiger partial charge in [0.15, 0.2) is 0 Å². The summed E-state index contributed by atoms with van der Waals surface area (Å²) in [5.41, 5.74) is 2.34. The highest BCUT2D eigenvalue weighted by Crippen LogP contribution is 2.14. The number of rotatable bonds is 1. The molecule has 1 N–H and O–H groups in total. The Hall–Kier alpha value is -1.50. The van der Waals surface area contributed by atoms with Crippen molar-refractivity contribution in [2.75, 3.05) is 0 Å². The van der Waals surface area contributed by atoms with E-state index in [0.717, 1.165) is 5.56 Å². The number of nitrogens with one attached hydrogen (secondary N) is 1. The van der Waals surface area contributed by atoms with E-state index >= 15 is 0 Å². The molecule has 0 saturated carbocycles. The van der Waals surface area contributed by atoms with Gasteiger partial charge >= 0.3 is 0 Å². The van der Waals surface area contributed by atoms with Crippen LogP contribution in [0.15, 0.2) is 37.0 Å². The summed E-state index contributed by atoms with van der Waals surface area (Å²) in [5, 5.41) is 1.24. The van der Waals surface area contributed by atoms with E-state index in [-0.39, 0.29) is 0 Å².